The minimum Gasteiger partial charge on any atom is -0.507 e. The summed E-state index contributed by atoms with van der Waals surface area (Å²) in [6.07, 6.45) is 0.842. The van der Waals surface area contributed by atoms with Crippen molar-refractivity contribution >= 4 is 55.5 Å². The van der Waals surface area contributed by atoms with Crippen molar-refractivity contribution in [1.82, 2.24) is 4.98 Å². The van der Waals surface area contributed by atoms with Crippen LogP contribution in [0, 0.1) is 11.6 Å². The lowest BCUT2D eigenvalue weighted by Crippen LogP contribution is -2.28. The highest BCUT2D eigenvalue weighted by molar-refractivity contribution is 7.22. The molecule has 35 heavy (non-hydrogen) atoms. The number of hydrogen-bond acceptors (Lipinski definition) is 7. The number of amides is 1. The van der Waals surface area contributed by atoms with Crippen LogP contribution in [0.4, 0.5) is 13.9 Å². The van der Waals surface area contributed by atoms with E-state index in [1.54, 1.807) is 41.8 Å². The number of ether oxygens (including phenoxy) is 1. The van der Waals surface area contributed by atoms with Crippen LogP contribution in [0.15, 0.2) is 59.5 Å². The molecular weight excluding hydrogens is 494 g/mol. The number of thiophene rings is 1. The Morgan fingerprint density at radius 2 is 1.94 bits per heavy atom. The van der Waals surface area contributed by atoms with Gasteiger partial charge in [0, 0.05) is 16.5 Å². The number of carbonyl (C=O) groups is 2. The Labute approximate surface area is 206 Å². The Balaban J connectivity index is 1.63. The van der Waals surface area contributed by atoms with E-state index < -0.39 is 29.4 Å². The van der Waals surface area contributed by atoms with Crippen LogP contribution in [-0.2, 0) is 9.59 Å². The van der Waals surface area contributed by atoms with E-state index in [-0.39, 0.29) is 26.7 Å². The number of aliphatic hydroxyl groups excluding tert-OH is 1. The summed E-state index contributed by atoms with van der Waals surface area (Å²) in [5.74, 6) is -3.16. The van der Waals surface area contributed by atoms with Crippen LogP contribution in [-0.4, -0.2) is 28.4 Å². The molecule has 5 rings (SSSR count). The predicted molar refractivity (Wildman–Crippen MR) is 131 cm³/mol. The van der Waals surface area contributed by atoms with E-state index in [0.29, 0.717) is 28.9 Å². The monoisotopic (exact) mass is 512 g/mol. The van der Waals surface area contributed by atoms with Crippen LogP contribution in [0.2, 0.25) is 0 Å². The molecule has 1 N–H and O–H groups in total. The zero-order valence-corrected chi connectivity index (χ0v) is 20.0. The maximum atomic E-state index is 14.3. The van der Waals surface area contributed by atoms with Gasteiger partial charge in [0.15, 0.2) is 10.9 Å². The van der Waals surface area contributed by atoms with Crippen molar-refractivity contribution in [1.29, 1.82) is 0 Å². The highest BCUT2D eigenvalue weighted by Crippen LogP contribution is 2.45. The molecule has 1 atom stereocenters. The molecular formula is C25H18F2N2O4S2. The number of rotatable bonds is 6. The standard InChI is InChI=1S/C25H18F2N2O4S2/c1-2-9-33-15-7-5-13(6-8-15)22(30)19-21(17-4-3-10-34-17)29(24(32)23(19)31)25-28-20-16(27)11-14(26)12-18(20)35-25/h3-8,10-12,21,30H,2,9H2,1H3/b22-19+. The fourth-order valence-electron chi connectivity index (χ4n) is 3.88. The van der Waals surface area contributed by atoms with Gasteiger partial charge in [-0.2, -0.15) is 0 Å². The van der Waals surface area contributed by atoms with Crippen molar-refractivity contribution in [3.05, 3.63) is 81.6 Å². The lowest BCUT2D eigenvalue weighted by molar-refractivity contribution is -0.132. The van der Waals surface area contributed by atoms with Crippen molar-refractivity contribution in [2.75, 3.05) is 11.5 Å². The number of Topliss-reactive ketones (excluding diaryl/α,β-unsaturated/α-hetero) is 1. The van der Waals surface area contributed by atoms with Gasteiger partial charge >= 0.3 is 5.91 Å². The molecule has 0 radical (unpaired) electrons. The second-order valence-electron chi connectivity index (χ2n) is 7.79. The second-order valence-corrected chi connectivity index (χ2v) is 9.78. The molecule has 1 amide bonds. The van der Waals surface area contributed by atoms with Crippen LogP contribution < -0.4 is 9.64 Å². The lowest BCUT2D eigenvalue weighted by atomic mass is 10.00. The highest BCUT2D eigenvalue weighted by Gasteiger charge is 2.48. The molecule has 178 valence electrons. The molecule has 1 fully saturated rings. The van der Waals surface area contributed by atoms with Gasteiger partial charge in [0.1, 0.15) is 28.9 Å². The maximum absolute atomic E-state index is 14.3. The lowest BCUT2D eigenvalue weighted by Gasteiger charge is -2.21. The van der Waals surface area contributed by atoms with E-state index in [9.17, 15) is 23.5 Å². The number of anilines is 1. The first-order valence-corrected chi connectivity index (χ1v) is 12.4. The van der Waals surface area contributed by atoms with E-state index >= 15 is 0 Å². The number of hydrogen-bond donors (Lipinski definition) is 1. The van der Waals surface area contributed by atoms with E-state index in [4.69, 9.17) is 4.74 Å². The molecule has 1 unspecified atom stereocenters. The molecule has 6 nitrogen and oxygen atoms in total. The number of aromatic nitrogens is 1. The third-order valence-electron chi connectivity index (χ3n) is 5.47. The quantitative estimate of drug-likeness (QED) is 0.193. The summed E-state index contributed by atoms with van der Waals surface area (Å²) in [6.45, 7) is 2.53. The minimum atomic E-state index is -0.973. The van der Waals surface area contributed by atoms with E-state index in [1.165, 1.54) is 11.3 Å². The van der Waals surface area contributed by atoms with Crippen LogP contribution in [0.3, 0.4) is 0 Å². The van der Waals surface area contributed by atoms with Gasteiger partial charge in [-0.1, -0.05) is 24.3 Å². The predicted octanol–water partition coefficient (Wildman–Crippen LogP) is 6.05. The van der Waals surface area contributed by atoms with Crippen LogP contribution in [0.25, 0.3) is 16.0 Å². The first-order valence-electron chi connectivity index (χ1n) is 10.7. The fourth-order valence-corrected chi connectivity index (χ4v) is 5.73. The van der Waals surface area contributed by atoms with Gasteiger partial charge in [0.2, 0.25) is 0 Å². The van der Waals surface area contributed by atoms with E-state index in [2.05, 4.69) is 4.98 Å². The normalized spacial score (nSPS) is 17.5. The second kappa shape index (κ2) is 9.20. The molecule has 1 saturated heterocycles. The summed E-state index contributed by atoms with van der Waals surface area (Å²) in [6, 6.07) is 10.9. The molecule has 0 bridgehead atoms. The number of halogens is 2. The smallest absolute Gasteiger partial charge is 0.301 e. The Bertz CT molecular complexity index is 1460. The SMILES string of the molecule is CCCOc1ccc(/C(O)=C2\C(=O)C(=O)N(c3nc4c(F)cc(F)cc4s3)C2c2cccs2)cc1. The van der Waals surface area contributed by atoms with Crippen LogP contribution in [0.5, 0.6) is 5.75 Å². The Morgan fingerprint density at radius 1 is 1.17 bits per heavy atom. The molecule has 1 aliphatic rings. The molecule has 0 spiro atoms. The Morgan fingerprint density at radius 3 is 2.63 bits per heavy atom. The minimum absolute atomic E-state index is 0.0346. The van der Waals surface area contributed by atoms with Crippen molar-refractivity contribution < 1.29 is 28.2 Å². The molecule has 2 aromatic heterocycles. The summed E-state index contributed by atoms with van der Waals surface area (Å²) in [4.78, 5) is 32.3. The average molecular weight is 513 g/mol. The number of aliphatic hydroxyl groups is 1. The van der Waals surface area contributed by atoms with Crippen molar-refractivity contribution in [3.63, 3.8) is 0 Å². The zero-order chi connectivity index (χ0) is 24.7. The number of carbonyl (C=O) groups excluding carboxylic acids is 2. The van der Waals surface area contributed by atoms with Gasteiger partial charge < -0.3 is 9.84 Å². The van der Waals surface area contributed by atoms with Crippen molar-refractivity contribution in [2.24, 2.45) is 0 Å². The van der Waals surface area contributed by atoms with Gasteiger partial charge in [-0.15, -0.1) is 11.3 Å². The molecule has 10 heteroatoms. The number of thiazole rings is 1. The Kier molecular flexibility index (Phi) is 6.08. The van der Waals surface area contributed by atoms with Gasteiger partial charge in [0.25, 0.3) is 5.78 Å². The summed E-state index contributed by atoms with van der Waals surface area (Å²) < 4.78 is 33.8. The maximum Gasteiger partial charge on any atom is 0.301 e. The summed E-state index contributed by atoms with van der Waals surface area (Å²) >= 11 is 2.19. The zero-order valence-electron chi connectivity index (χ0n) is 18.3. The third kappa shape index (κ3) is 4.08. The molecule has 2 aromatic carbocycles. The molecule has 4 aromatic rings. The van der Waals surface area contributed by atoms with Crippen LogP contribution in [0.1, 0.15) is 29.8 Å². The average Bonchev–Trinajstić information content (AvgIpc) is 3.57. The summed E-state index contributed by atoms with van der Waals surface area (Å²) in [5, 5.41) is 13.0. The number of fused-ring (bicyclic) bond motifs is 1. The third-order valence-corrected chi connectivity index (χ3v) is 7.39. The fraction of sp³-hybridized carbons (Fsp3) is 0.160. The van der Waals surface area contributed by atoms with E-state index in [0.717, 1.165) is 28.7 Å². The van der Waals surface area contributed by atoms with Crippen LogP contribution >= 0.6 is 22.7 Å². The largest absolute Gasteiger partial charge is 0.507 e. The first-order chi connectivity index (χ1) is 16.9. The number of benzene rings is 2. The van der Waals surface area contributed by atoms with Crippen molar-refractivity contribution in [2.45, 2.75) is 19.4 Å². The highest BCUT2D eigenvalue weighted by atomic mass is 32.1. The summed E-state index contributed by atoms with van der Waals surface area (Å²) in [5.41, 5.74) is 0.136. The molecule has 0 aliphatic carbocycles. The Hall–Kier alpha value is -3.63. The number of ketones is 1. The van der Waals surface area contributed by atoms with Gasteiger partial charge in [-0.3, -0.25) is 14.5 Å². The topological polar surface area (TPSA) is 79.7 Å². The molecule has 0 saturated carbocycles. The van der Waals surface area contributed by atoms with Crippen molar-refractivity contribution in [3.8, 4) is 5.75 Å². The number of nitrogens with zero attached hydrogens (tertiary/aromatic N) is 2. The van der Waals surface area contributed by atoms with Gasteiger partial charge in [0.05, 0.1) is 16.9 Å². The first kappa shape index (κ1) is 23.1. The molecule has 3 heterocycles. The molecule has 1 aliphatic heterocycles. The van der Waals surface area contributed by atoms with Gasteiger partial charge in [-0.25, -0.2) is 13.8 Å². The summed E-state index contributed by atoms with van der Waals surface area (Å²) in [7, 11) is 0. The van der Waals surface area contributed by atoms with E-state index in [1.807, 2.05) is 6.92 Å². The van der Waals surface area contributed by atoms with Gasteiger partial charge in [-0.05, 0) is 48.2 Å².